The van der Waals surface area contributed by atoms with E-state index in [2.05, 4.69) is 21.3 Å². The maximum absolute atomic E-state index is 13.3. The summed E-state index contributed by atoms with van der Waals surface area (Å²) in [5.74, 6) is 1.42. The number of carbonyl (C=O) groups excluding carboxylic acids is 1. The average molecular weight is 464 g/mol. The lowest BCUT2D eigenvalue weighted by molar-refractivity contribution is 0.0713. The molecule has 0 radical (unpaired) electrons. The second kappa shape index (κ2) is 9.90. The summed E-state index contributed by atoms with van der Waals surface area (Å²) in [5.41, 5.74) is 5.48. The van der Waals surface area contributed by atoms with Crippen molar-refractivity contribution in [1.29, 1.82) is 5.26 Å². The van der Waals surface area contributed by atoms with Crippen LogP contribution in [0, 0.1) is 18.3 Å². The number of benzene rings is 2. The number of carbonyl (C=O) groups is 1. The first-order valence-corrected chi connectivity index (χ1v) is 11.7. The highest BCUT2D eigenvalue weighted by molar-refractivity contribution is 5.94. The zero-order valence-electron chi connectivity index (χ0n) is 19.5. The molecule has 0 unspecified atom stereocenters. The Morgan fingerprint density at radius 3 is 2.51 bits per heavy atom. The molecule has 2 aromatic carbocycles. The quantitative estimate of drug-likeness (QED) is 0.417. The lowest BCUT2D eigenvalue weighted by atomic mass is 9.88. The van der Waals surface area contributed by atoms with Crippen molar-refractivity contribution in [2.75, 3.05) is 13.1 Å². The van der Waals surface area contributed by atoms with E-state index in [-0.39, 0.29) is 5.91 Å². The van der Waals surface area contributed by atoms with Crippen molar-refractivity contribution in [3.05, 3.63) is 101 Å². The van der Waals surface area contributed by atoms with Crippen molar-refractivity contribution in [2.45, 2.75) is 32.1 Å². The van der Waals surface area contributed by atoms with Crippen molar-refractivity contribution >= 4 is 5.91 Å². The number of aromatic nitrogens is 3. The highest BCUT2D eigenvalue weighted by Gasteiger charge is 2.25. The lowest BCUT2D eigenvalue weighted by Gasteiger charge is -2.32. The average Bonchev–Trinajstić information content (AvgIpc) is 3.39. The molecule has 5 rings (SSSR count). The zero-order valence-corrected chi connectivity index (χ0v) is 19.5. The molecule has 1 saturated heterocycles. The fourth-order valence-electron chi connectivity index (χ4n) is 4.52. The van der Waals surface area contributed by atoms with Crippen molar-refractivity contribution in [2.24, 2.45) is 0 Å². The fourth-order valence-corrected chi connectivity index (χ4v) is 4.52. The van der Waals surface area contributed by atoms with Crippen LogP contribution in [0.5, 0.6) is 0 Å². The zero-order chi connectivity index (χ0) is 24.2. The third-order valence-electron chi connectivity index (χ3n) is 6.63. The lowest BCUT2D eigenvalue weighted by Crippen LogP contribution is -2.38. The molecule has 7 nitrogen and oxygen atoms in total. The summed E-state index contributed by atoms with van der Waals surface area (Å²) < 4.78 is 5.85. The third kappa shape index (κ3) is 4.97. The summed E-state index contributed by atoms with van der Waals surface area (Å²) in [6.45, 7) is 3.45. The number of likely N-dealkylation sites (tertiary alicyclic amines) is 1. The molecular formula is C28H25N5O2. The minimum atomic E-state index is 0.0486. The van der Waals surface area contributed by atoms with Crippen LogP contribution in [0.15, 0.2) is 71.4 Å². The van der Waals surface area contributed by atoms with Gasteiger partial charge in [-0.2, -0.15) is 5.26 Å². The van der Waals surface area contributed by atoms with Gasteiger partial charge in [-0.05, 0) is 78.8 Å². The van der Waals surface area contributed by atoms with Crippen LogP contribution >= 0.6 is 0 Å². The minimum absolute atomic E-state index is 0.0486. The molecule has 7 heteroatoms. The molecule has 0 aliphatic carbocycles. The normalized spacial score (nSPS) is 14.0. The van der Waals surface area contributed by atoms with E-state index in [1.54, 1.807) is 12.4 Å². The van der Waals surface area contributed by atoms with Crippen LogP contribution in [0.2, 0.25) is 0 Å². The van der Waals surface area contributed by atoms with E-state index < -0.39 is 0 Å². The number of nitriles is 1. The van der Waals surface area contributed by atoms with Gasteiger partial charge < -0.3 is 9.32 Å². The highest BCUT2D eigenvalue weighted by atomic mass is 16.4. The Morgan fingerprint density at radius 1 is 1.06 bits per heavy atom. The summed E-state index contributed by atoms with van der Waals surface area (Å²) in [6, 6.07) is 19.4. The van der Waals surface area contributed by atoms with Crippen molar-refractivity contribution in [1.82, 2.24) is 20.1 Å². The van der Waals surface area contributed by atoms with Crippen molar-refractivity contribution in [3.63, 3.8) is 0 Å². The van der Waals surface area contributed by atoms with Crippen LogP contribution in [-0.4, -0.2) is 39.1 Å². The molecule has 0 atom stereocenters. The molecule has 1 amide bonds. The van der Waals surface area contributed by atoms with Gasteiger partial charge in [-0.25, -0.2) is 0 Å². The Kier molecular flexibility index (Phi) is 6.36. The van der Waals surface area contributed by atoms with E-state index in [1.165, 1.54) is 5.56 Å². The summed E-state index contributed by atoms with van der Waals surface area (Å²) in [7, 11) is 0. The number of aryl methyl sites for hydroxylation is 1. The molecule has 1 aliphatic rings. The number of pyridine rings is 1. The first-order valence-electron chi connectivity index (χ1n) is 11.7. The Balaban J connectivity index is 1.25. The number of piperidine rings is 1. The minimum Gasteiger partial charge on any atom is -0.420 e. The number of amides is 1. The topological polar surface area (TPSA) is 95.9 Å². The van der Waals surface area contributed by atoms with Crippen LogP contribution in [0.1, 0.15) is 57.3 Å². The monoisotopic (exact) mass is 463 g/mol. The molecule has 3 heterocycles. The van der Waals surface area contributed by atoms with Gasteiger partial charge in [0.05, 0.1) is 18.1 Å². The molecule has 4 aromatic rings. The SMILES string of the molecule is Cc1ccc(C(=O)N2CCC(c3ccc(C#N)cc3)CC2)cc1Cc1nnc(-c2ccncc2)o1. The second-order valence-corrected chi connectivity index (χ2v) is 8.86. The molecule has 0 saturated carbocycles. The molecule has 1 aliphatic heterocycles. The third-order valence-corrected chi connectivity index (χ3v) is 6.63. The Bertz CT molecular complexity index is 1360. The predicted molar refractivity (Wildman–Crippen MR) is 131 cm³/mol. The number of hydrogen-bond donors (Lipinski definition) is 0. The fraction of sp³-hybridized carbons (Fsp3) is 0.250. The van der Waals surface area contributed by atoms with Crippen LogP contribution in [-0.2, 0) is 6.42 Å². The van der Waals surface area contributed by atoms with Crippen LogP contribution in [0.25, 0.3) is 11.5 Å². The van der Waals surface area contributed by atoms with E-state index in [1.807, 2.05) is 66.4 Å². The molecule has 1 fully saturated rings. The molecule has 0 spiro atoms. The number of rotatable bonds is 5. The summed E-state index contributed by atoms with van der Waals surface area (Å²) >= 11 is 0. The van der Waals surface area contributed by atoms with Gasteiger partial charge in [0.2, 0.25) is 11.8 Å². The summed E-state index contributed by atoms with van der Waals surface area (Å²) in [6.07, 6.45) is 5.66. The van der Waals surface area contributed by atoms with E-state index in [0.29, 0.717) is 48.3 Å². The van der Waals surface area contributed by atoms with Gasteiger partial charge in [-0.1, -0.05) is 18.2 Å². The molecule has 35 heavy (non-hydrogen) atoms. The maximum Gasteiger partial charge on any atom is 0.253 e. The van der Waals surface area contributed by atoms with E-state index in [9.17, 15) is 4.79 Å². The smallest absolute Gasteiger partial charge is 0.253 e. The van der Waals surface area contributed by atoms with Crippen LogP contribution in [0.4, 0.5) is 0 Å². The molecule has 0 N–H and O–H groups in total. The van der Waals surface area contributed by atoms with Crippen molar-refractivity contribution in [3.8, 4) is 17.5 Å². The standard InChI is InChI=1S/C28H25N5O2/c1-19-2-5-24(16-25(19)17-26-31-32-27(35-26)23-8-12-30-13-9-23)28(34)33-14-10-22(11-15-33)21-6-3-20(18-29)4-7-21/h2-9,12-13,16,22H,10-11,14-15,17H2,1H3. The van der Waals surface area contributed by atoms with E-state index in [0.717, 1.165) is 29.5 Å². The van der Waals surface area contributed by atoms with Crippen LogP contribution < -0.4 is 0 Å². The van der Waals surface area contributed by atoms with Crippen LogP contribution in [0.3, 0.4) is 0 Å². The molecular weight excluding hydrogens is 438 g/mol. The largest absolute Gasteiger partial charge is 0.420 e. The van der Waals surface area contributed by atoms with Gasteiger partial charge >= 0.3 is 0 Å². The first-order chi connectivity index (χ1) is 17.1. The Morgan fingerprint density at radius 2 is 1.80 bits per heavy atom. The Labute approximate surface area is 204 Å². The first kappa shape index (κ1) is 22.5. The van der Waals surface area contributed by atoms with Gasteiger partial charge in [0.1, 0.15) is 0 Å². The second-order valence-electron chi connectivity index (χ2n) is 8.86. The predicted octanol–water partition coefficient (Wildman–Crippen LogP) is 4.92. The summed E-state index contributed by atoms with van der Waals surface area (Å²) in [4.78, 5) is 19.2. The number of nitrogens with zero attached hydrogens (tertiary/aromatic N) is 5. The van der Waals surface area contributed by atoms with Gasteiger partial charge in [0.15, 0.2) is 0 Å². The Hall–Kier alpha value is -4.31. The maximum atomic E-state index is 13.3. The highest BCUT2D eigenvalue weighted by Crippen LogP contribution is 2.29. The van der Waals surface area contributed by atoms with Gasteiger partial charge in [0.25, 0.3) is 5.91 Å². The van der Waals surface area contributed by atoms with Gasteiger partial charge in [0, 0.05) is 36.6 Å². The van der Waals surface area contributed by atoms with Gasteiger partial charge in [-0.15, -0.1) is 10.2 Å². The summed E-state index contributed by atoms with van der Waals surface area (Å²) in [5, 5.41) is 17.3. The molecule has 2 aromatic heterocycles. The molecule has 0 bridgehead atoms. The van der Waals surface area contributed by atoms with E-state index in [4.69, 9.17) is 9.68 Å². The van der Waals surface area contributed by atoms with Gasteiger partial charge in [-0.3, -0.25) is 9.78 Å². The van der Waals surface area contributed by atoms with E-state index >= 15 is 0 Å². The number of hydrogen-bond acceptors (Lipinski definition) is 6. The molecule has 174 valence electrons. The van der Waals surface area contributed by atoms with Crippen molar-refractivity contribution < 1.29 is 9.21 Å².